The van der Waals surface area contributed by atoms with E-state index in [0.29, 0.717) is 0 Å². The zero-order valence-corrected chi connectivity index (χ0v) is 16.6. The van der Waals surface area contributed by atoms with Crippen LogP contribution in [0.2, 0.25) is 0 Å². The zero-order chi connectivity index (χ0) is 18.8. The Labute approximate surface area is 167 Å². The molecule has 0 amide bonds. The maximum Gasteiger partial charge on any atom is 0.0682 e. The largest absolute Gasteiger partial charge is 0.392 e. The minimum absolute atomic E-state index is 0.0402. The van der Waals surface area contributed by atoms with Crippen LogP contribution in [0.4, 0.5) is 0 Å². The maximum absolute atomic E-state index is 9.54. The van der Waals surface area contributed by atoms with E-state index in [4.69, 9.17) is 0 Å². The second-order valence-electron chi connectivity index (χ2n) is 6.59. The fourth-order valence-corrected chi connectivity index (χ4v) is 3.68. The van der Waals surface area contributed by atoms with Gasteiger partial charge in [-0.3, -0.25) is 0 Å². The van der Waals surface area contributed by atoms with Crippen molar-refractivity contribution in [2.24, 2.45) is 0 Å². The molecule has 2 nitrogen and oxygen atoms in total. The van der Waals surface area contributed by atoms with Crippen molar-refractivity contribution in [3.05, 3.63) is 101 Å². The Hall–Kier alpha value is -2.62. The van der Waals surface area contributed by atoms with Crippen LogP contribution in [0, 0.1) is 6.92 Å². The van der Waals surface area contributed by atoms with E-state index in [2.05, 4.69) is 100 Å². The molecule has 0 aliphatic rings. The summed E-state index contributed by atoms with van der Waals surface area (Å²) in [6.07, 6.45) is 0. The summed E-state index contributed by atoms with van der Waals surface area (Å²) < 4.78 is 3.37. The smallest absolute Gasteiger partial charge is 0.0682 e. The van der Waals surface area contributed by atoms with Gasteiger partial charge in [-0.1, -0.05) is 64.5 Å². The molecule has 0 saturated heterocycles. The monoisotopic (exact) mass is 417 g/mol. The summed E-state index contributed by atoms with van der Waals surface area (Å²) in [4.78, 5) is 0. The van der Waals surface area contributed by atoms with E-state index in [-0.39, 0.29) is 6.61 Å². The van der Waals surface area contributed by atoms with Gasteiger partial charge in [-0.05, 0) is 65.6 Å². The van der Waals surface area contributed by atoms with Gasteiger partial charge in [0.2, 0.25) is 0 Å². The molecule has 0 radical (unpaired) electrons. The molecule has 4 rings (SSSR count). The van der Waals surface area contributed by atoms with Crippen molar-refractivity contribution in [1.82, 2.24) is 4.57 Å². The van der Waals surface area contributed by atoms with Crippen molar-refractivity contribution >= 4 is 15.9 Å². The highest BCUT2D eigenvalue weighted by Gasteiger charge is 2.15. The summed E-state index contributed by atoms with van der Waals surface area (Å²) in [6, 6.07) is 29.2. The molecule has 134 valence electrons. The summed E-state index contributed by atoms with van der Waals surface area (Å²) >= 11 is 3.52. The number of rotatable bonds is 4. The van der Waals surface area contributed by atoms with Crippen molar-refractivity contribution in [3.63, 3.8) is 0 Å². The van der Waals surface area contributed by atoms with Crippen LogP contribution >= 0.6 is 15.9 Å². The fraction of sp³-hybridized carbons (Fsp3) is 0.0833. The number of benzene rings is 3. The van der Waals surface area contributed by atoms with Crippen molar-refractivity contribution in [2.75, 3.05) is 0 Å². The second-order valence-corrected chi connectivity index (χ2v) is 7.51. The molecule has 0 spiro atoms. The molecule has 1 N–H and O–H groups in total. The molecule has 0 bridgehead atoms. The number of aromatic nitrogens is 1. The van der Waals surface area contributed by atoms with E-state index in [1.54, 1.807) is 0 Å². The van der Waals surface area contributed by atoms with Crippen LogP contribution in [-0.4, -0.2) is 9.67 Å². The topological polar surface area (TPSA) is 25.2 Å². The fourth-order valence-electron chi connectivity index (χ4n) is 3.41. The van der Waals surface area contributed by atoms with Crippen LogP contribution in [0.25, 0.3) is 28.2 Å². The predicted molar refractivity (Wildman–Crippen MR) is 115 cm³/mol. The summed E-state index contributed by atoms with van der Waals surface area (Å²) in [7, 11) is 0. The lowest BCUT2D eigenvalue weighted by molar-refractivity contribution is 0.282. The highest BCUT2D eigenvalue weighted by molar-refractivity contribution is 9.10. The Bertz CT molecular complexity index is 1080. The molecule has 0 fully saturated rings. The highest BCUT2D eigenvalue weighted by atomic mass is 79.9. The summed E-state index contributed by atoms with van der Waals surface area (Å²) in [5.41, 5.74) is 7.78. The number of para-hydroxylation sites is 1. The van der Waals surface area contributed by atoms with Gasteiger partial charge in [0.25, 0.3) is 0 Å². The Morgan fingerprint density at radius 3 is 2.19 bits per heavy atom. The number of nitrogens with zero attached hydrogens (tertiary/aromatic N) is 1. The molecule has 4 aromatic rings. The van der Waals surface area contributed by atoms with Gasteiger partial charge >= 0.3 is 0 Å². The number of aliphatic hydroxyl groups is 1. The SMILES string of the molecule is Cc1ccccc1-n1c(-c2ccc(Br)cc2)ccc1-c1cccc(CO)c1. The van der Waals surface area contributed by atoms with Crippen LogP contribution in [0.15, 0.2) is 89.4 Å². The van der Waals surface area contributed by atoms with Crippen molar-refractivity contribution in [2.45, 2.75) is 13.5 Å². The standard InChI is InChI=1S/C24H20BrNO/c1-17-5-2-3-8-22(17)26-23(19-9-11-21(25)12-10-19)13-14-24(26)20-7-4-6-18(15-20)16-27/h2-15,27H,16H2,1H3. The first kappa shape index (κ1) is 17.8. The first-order chi connectivity index (χ1) is 13.2. The molecule has 3 heteroatoms. The van der Waals surface area contributed by atoms with Crippen molar-refractivity contribution < 1.29 is 5.11 Å². The zero-order valence-electron chi connectivity index (χ0n) is 15.1. The number of aryl methyl sites for hydroxylation is 1. The molecule has 1 heterocycles. The minimum atomic E-state index is 0.0402. The van der Waals surface area contributed by atoms with E-state index in [1.165, 1.54) is 5.56 Å². The molecule has 0 aliphatic carbocycles. The van der Waals surface area contributed by atoms with Crippen LogP contribution in [0.3, 0.4) is 0 Å². The van der Waals surface area contributed by atoms with E-state index in [9.17, 15) is 5.11 Å². The van der Waals surface area contributed by atoms with Gasteiger partial charge in [0.1, 0.15) is 0 Å². The molecule has 3 aromatic carbocycles. The van der Waals surface area contributed by atoms with E-state index >= 15 is 0 Å². The van der Waals surface area contributed by atoms with E-state index < -0.39 is 0 Å². The van der Waals surface area contributed by atoms with Gasteiger partial charge in [-0.15, -0.1) is 0 Å². The Morgan fingerprint density at radius 1 is 0.778 bits per heavy atom. The van der Waals surface area contributed by atoms with Crippen LogP contribution in [-0.2, 0) is 6.61 Å². The third-order valence-electron chi connectivity index (χ3n) is 4.78. The van der Waals surface area contributed by atoms with Gasteiger partial charge in [0, 0.05) is 10.2 Å². The summed E-state index contributed by atoms with van der Waals surface area (Å²) in [5, 5.41) is 9.54. The summed E-state index contributed by atoms with van der Waals surface area (Å²) in [6.45, 7) is 2.17. The first-order valence-corrected chi connectivity index (χ1v) is 9.70. The molecular formula is C24H20BrNO. The lowest BCUT2D eigenvalue weighted by Gasteiger charge is -2.17. The number of hydrogen-bond acceptors (Lipinski definition) is 1. The second kappa shape index (κ2) is 7.55. The molecule has 0 saturated carbocycles. The lowest BCUT2D eigenvalue weighted by atomic mass is 10.1. The number of halogens is 1. The van der Waals surface area contributed by atoms with Crippen LogP contribution < -0.4 is 0 Å². The molecule has 0 atom stereocenters. The molecule has 1 aromatic heterocycles. The van der Waals surface area contributed by atoms with E-state index in [1.807, 2.05) is 12.1 Å². The van der Waals surface area contributed by atoms with Gasteiger partial charge in [-0.2, -0.15) is 0 Å². The highest BCUT2D eigenvalue weighted by Crippen LogP contribution is 2.34. The molecule has 0 aliphatic heterocycles. The Morgan fingerprint density at radius 2 is 1.48 bits per heavy atom. The van der Waals surface area contributed by atoms with Crippen molar-refractivity contribution in [1.29, 1.82) is 0 Å². The molecular weight excluding hydrogens is 398 g/mol. The van der Waals surface area contributed by atoms with Gasteiger partial charge in [0.05, 0.1) is 18.0 Å². The normalized spacial score (nSPS) is 10.9. The third kappa shape index (κ3) is 3.48. The Kier molecular flexibility index (Phi) is 4.97. The average molecular weight is 418 g/mol. The first-order valence-electron chi connectivity index (χ1n) is 8.91. The van der Waals surface area contributed by atoms with Crippen molar-refractivity contribution in [3.8, 4) is 28.2 Å². The van der Waals surface area contributed by atoms with Gasteiger partial charge < -0.3 is 9.67 Å². The van der Waals surface area contributed by atoms with Gasteiger partial charge in [-0.25, -0.2) is 0 Å². The lowest BCUT2D eigenvalue weighted by Crippen LogP contribution is -2.01. The molecule has 0 unspecified atom stereocenters. The predicted octanol–water partition coefficient (Wildman–Crippen LogP) is 6.37. The third-order valence-corrected chi connectivity index (χ3v) is 5.31. The minimum Gasteiger partial charge on any atom is -0.392 e. The average Bonchev–Trinajstić information content (AvgIpc) is 3.14. The Balaban J connectivity index is 1.97. The van der Waals surface area contributed by atoms with Crippen LogP contribution in [0.5, 0.6) is 0 Å². The van der Waals surface area contributed by atoms with E-state index in [0.717, 1.165) is 38.2 Å². The summed E-state index contributed by atoms with van der Waals surface area (Å²) in [5.74, 6) is 0. The number of aliphatic hydroxyl groups excluding tert-OH is 1. The quantitative estimate of drug-likeness (QED) is 0.409. The van der Waals surface area contributed by atoms with Gasteiger partial charge in [0.15, 0.2) is 0 Å². The number of hydrogen-bond donors (Lipinski definition) is 1. The molecule has 27 heavy (non-hydrogen) atoms. The van der Waals surface area contributed by atoms with Crippen LogP contribution in [0.1, 0.15) is 11.1 Å². The maximum atomic E-state index is 9.54.